The summed E-state index contributed by atoms with van der Waals surface area (Å²) in [6.45, 7) is 2.03. The number of phenols is 3. The molecule has 0 aliphatic rings. The summed E-state index contributed by atoms with van der Waals surface area (Å²) >= 11 is 0. The summed E-state index contributed by atoms with van der Waals surface area (Å²) in [6.07, 6.45) is 0.872. The molecule has 0 atom stereocenters. The van der Waals surface area contributed by atoms with Gasteiger partial charge >= 0.3 is 0 Å². The van der Waals surface area contributed by atoms with Gasteiger partial charge in [-0.15, -0.1) is 0 Å². The Labute approximate surface area is 99.6 Å². The van der Waals surface area contributed by atoms with Gasteiger partial charge in [0, 0.05) is 5.56 Å². The Bertz CT molecular complexity index is 547. The van der Waals surface area contributed by atoms with Gasteiger partial charge in [-0.05, 0) is 41.8 Å². The molecule has 0 heterocycles. The lowest BCUT2D eigenvalue weighted by Crippen LogP contribution is -1.84. The molecule has 0 saturated carbocycles. The molecule has 0 bridgehead atoms. The molecule has 2 rings (SSSR count). The zero-order chi connectivity index (χ0) is 12.4. The summed E-state index contributed by atoms with van der Waals surface area (Å²) in [5.74, 6) is -0.198. The van der Waals surface area contributed by atoms with Crippen LogP contribution in [0, 0.1) is 0 Å². The number of benzene rings is 2. The van der Waals surface area contributed by atoms with Gasteiger partial charge in [0.2, 0.25) is 0 Å². The van der Waals surface area contributed by atoms with Crippen LogP contribution in [0.15, 0.2) is 36.4 Å². The summed E-state index contributed by atoms with van der Waals surface area (Å²) in [4.78, 5) is 0. The van der Waals surface area contributed by atoms with Crippen molar-refractivity contribution < 1.29 is 15.3 Å². The minimum absolute atomic E-state index is 0.160. The second-order valence-corrected chi connectivity index (χ2v) is 3.91. The maximum absolute atomic E-state index is 9.80. The third-order valence-electron chi connectivity index (χ3n) is 2.76. The highest BCUT2D eigenvalue weighted by molar-refractivity contribution is 5.73. The number of hydrogen-bond acceptors (Lipinski definition) is 3. The minimum atomic E-state index is -0.191. The van der Waals surface area contributed by atoms with Crippen LogP contribution < -0.4 is 0 Å². The molecule has 3 N–H and O–H groups in total. The molecular weight excluding hydrogens is 216 g/mol. The van der Waals surface area contributed by atoms with E-state index in [1.165, 1.54) is 12.1 Å². The molecule has 88 valence electrons. The van der Waals surface area contributed by atoms with E-state index in [0.717, 1.165) is 12.0 Å². The fourth-order valence-corrected chi connectivity index (χ4v) is 1.73. The van der Waals surface area contributed by atoms with Crippen LogP contribution in [-0.4, -0.2) is 15.3 Å². The Balaban J connectivity index is 2.55. The minimum Gasteiger partial charge on any atom is -0.507 e. The topological polar surface area (TPSA) is 60.7 Å². The number of rotatable bonds is 2. The largest absolute Gasteiger partial charge is 0.507 e. The molecule has 0 aliphatic carbocycles. The monoisotopic (exact) mass is 230 g/mol. The maximum Gasteiger partial charge on any atom is 0.158 e. The van der Waals surface area contributed by atoms with Crippen molar-refractivity contribution in [1.82, 2.24) is 0 Å². The molecule has 3 heteroatoms. The van der Waals surface area contributed by atoms with Crippen molar-refractivity contribution in [2.75, 3.05) is 0 Å². The first-order valence-corrected chi connectivity index (χ1v) is 5.46. The van der Waals surface area contributed by atoms with Gasteiger partial charge in [-0.3, -0.25) is 0 Å². The molecule has 0 aliphatic heterocycles. The van der Waals surface area contributed by atoms with Crippen LogP contribution in [-0.2, 0) is 6.42 Å². The SMILES string of the molecule is CCc1ccc(O)c(-c2ccc(O)c(O)c2)c1. The van der Waals surface area contributed by atoms with Crippen LogP contribution in [0.2, 0.25) is 0 Å². The Hall–Kier alpha value is -2.16. The summed E-state index contributed by atoms with van der Waals surface area (Å²) in [6, 6.07) is 9.87. The molecular formula is C14H14O3. The fourth-order valence-electron chi connectivity index (χ4n) is 1.73. The average Bonchev–Trinajstić information content (AvgIpc) is 2.33. The van der Waals surface area contributed by atoms with Gasteiger partial charge < -0.3 is 15.3 Å². The van der Waals surface area contributed by atoms with Crippen molar-refractivity contribution in [3.05, 3.63) is 42.0 Å². The van der Waals surface area contributed by atoms with Crippen LogP contribution in [0.5, 0.6) is 17.2 Å². The van der Waals surface area contributed by atoms with Crippen molar-refractivity contribution in [3.63, 3.8) is 0 Å². The molecule has 0 fully saturated rings. The van der Waals surface area contributed by atoms with Crippen LogP contribution in [0.3, 0.4) is 0 Å². The standard InChI is InChI=1S/C14H14O3/c1-2-9-3-5-12(15)11(7-9)10-4-6-13(16)14(17)8-10/h3-8,15-17H,2H2,1H3. The third kappa shape index (κ3) is 2.18. The van der Waals surface area contributed by atoms with Crippen molar-refractivity contribution in [1.29, 1.82) is 0 Å². The zero-order valence-corrected chi connectivity index (χ0v) is 9.51. The highest BCUT2D eigenvalue weighted by Gasteiger charge is 2.07. The van der Waals surface area contributed by atoms with E-state index in [4.69, 9.17) is 0 Å². The smallest absolute Gasteiger partial charge is 0.158 e. The van der Waals surface area contributed by atoms with E-state index in [0.29, 0.717) is 11.1 Å². The normalized spacial score (nSPS) is 10.4. The van der Waals surface area contributed by atoms with E-state index in [-0.39, 0.29) is 17.2 Å². The lowest BCUT2D eigenvalue weighted by atomic mass is 10.0. The van der Waals surface area contributed by atoms with E-state index >= 15 is 0 Å². The van der Waals surface area contributed by atoms with E-state index in [9.17, 15) is 15.3 Å². The predicted molar refractivity (Wildman–Crippen MR) is 66.3 cm³/mol. The van der Waals surface area contributed by atoms with Crippen molar-refractivity contribution in [3.8, 4) is 28.4 Å². The highest BCUT2D eigenvalue weighted by Crippen LogP contribution is 2.35. The Morgan fingerprint density at radius 1 is 0.824 bits per heavy atom. The first-order chi connectivity index (χ1) is 8.11. The van der Waals surface area contributed by atoms with Gasteiger partial charge in [-0.25, -0.2) is 0 Å². The molecule has 0 amide bonds. The predicted octanol–water partition coefficient (Wildman–Crippen LogP) is 3.03. The molecule has 0 spiro atoms. The van der Waals surface area contributed by atoms with Gasteiger partial charge in [0.15, 0.2) is 11.5 Å². The van der Waals surface area contributed by atoms with Crippen molar-refractivity contribution in [2.45, 2.75) is 13.3 Å². The highest BCUT2D eigenvalue weighted by atomic mass is 16.3. The van der Waals surface area contributed by atoms with E-state index in [1.807, 2.05) is 19.1 Å². The Morgan fingerprint density at radius 3 is 2.18 bits per heavy atom. The zero-order valence-electron chi connectivity index (χ0n) is 9.51. The molecule has 3 nitrogen and oxygen atoms in total. The average molecular weight is 230 g/mol. The van der Waals surface area contributed by atoms with E-state index in [1.54, 1.807) is 12.1 Å². The molecule has 0 saturated heterocycles. The fraction of sp³-hybridized carbons (Fsp3) is 0.143. The summed E-state index contributed by atoms with van der Waals surface area (Å²) in [5.41, 5.74) is 2.43. The van der Waals surface area contributed by atoms with E-state index in [2.05, 4.69) is 0 Å². The van der Waals surface area contributed by atoms with Crippen molar-refractivity contribution in [2.24, 2.45) is 0 Å². The molecule has 0 aromatic heterocycles. The first-order valence-electron chi connectivity index (χ1n) is 5.46. The van der Waals surface area contributed by atoms with Gasteiger partial charge in [0.05, 0.1) is 0 Å². The second-order valence-electron chi connectivity index (χ2n) is 3.91. The van der Waals surface area contributed by atoms with Gasteiger partial charge in [-0.1, -0.05) is 19.1 Å². The van der Waals surface area contributed by atoms with Crippen LogP contribution >= 0.6 is 0 Å². The third-order valence-corrected chi connectivity index (χ3v) is 2.76. The second kappa shape index (κ2) is 4.37. The number of aromatic hydroxyl groups is 3. The molecule has 17 heavy (non-hydrogen) atoms. The molecule has 2 aromatic carbocycles. The summed E-state index contributed by atoms with van der Waals surface area (Å²) < 4.78 is 0. The lowest BCUT2D eigenvalue weighted by molar-refractivity contribution is 0.404. The van der Waals surface area contributed by atoms with Crippen LogP contribution in [0.25, 0.3) is 11.1 Å². The van der Waals surface area contributed by atoms with E-state index < -0.39 is 0 Å². The summed E-state index contributed by atoms with van der Waals surface area (Å²) in [5, 5.41) is 28.5. The Kier molecular flexibility index (Phi) is 2.91. The van der Waals surface area contributed by atoms with Crippen LogP contribution in [0.1, 0.15) is 12.5 Å². The lowest BCUT2D eigenvalue weighted by Gasteiger charge is -2.08. The Morgan fingerprint density at radius 2 is 1.53 bits per heavy atom. The molecule has 0 unspecified atom stereocenters. The quantitative estimate of drug-likeness (QED) is 0.695. The maximum atomic E-state index is 9.80. The van der Waals surface area contributed by atoms with Crippen molar-refractivity contribution >= 4 is 0 Å². The first kappa shape index (κ1) is 11.3. The van der Waals surface area contributed by atoms with Gasteiger partial charge in [-0.2, -0.15) is 0 Å². The van der Waals surface area contributed by atoms with Gasteiger partial charge in [0.1, 0.15) is 5.75 Å². The van der Waals surface area contributed by atoms with Crippen LogP contribution in [0.4, 0.5) is 0 Å². The molecule has 2 aromatic rings. The number of aryl methyl sites for hydroxylation is 1. The summed E-state index contributed by atoms with van der Waals surface area (Å²) in [7, 11) is 0. The van der Waals surface area contributed by atoms with Gasteiger partial charge in [0.25, 0.3) is 0 Å². The molecule has 0 radical (unpaired) electrons. The number of phenolic OH excluding ortho intramolecular Hbond substituents is 3. The number of hydrogen-bond donors (Lipinski definition) is 3.